The highest BCUT2D eigenvalue weighted by Crippen LogP contribution is 2.25. The summed E-state index contributed by atoms with van der Waals surface area (Å²) in [5.74, 6) is 0.222. The van der Waals surface area contributed by atoms with Crippen molar-refractivity contribution in [3.63, 3.8) is 0 Å². The number of anilines is 2. The van der Waals surface area contributed by atoms with E-state index in [-0.39, 0.29) is 10.9 Å². The standard InChI is InChI=1S/C10H13N3O2S2/c11-10(16)12-8-2-4-9(5-3-8)13-6-1-7-17(13,14)15/h2-5H,1,6-7H2,(H3,11,12,16). The molecule has 1 fully saturated rings. The summed E-state index contributed by atoms with van der Waals surface area (Å²) in [7, 11) is -3.11. The van der Waals surface area contributed by atoms with Gasteiger partial charge >= 0.3 is 0 Å². The van der Waals surface area contributed by atoms with Crippen LogP contribution in [0.2, 0.25) is 0 Å². The van der Waals surface area contributed by atoms with Crippen molar-refractivity contribution < 1.29 is 8.42 Å². The predicted octanol–water partition coefficient (Wildman–Crippen LogP) is 0.882. The van der Waals surface area contributed by atoms with E-state index in [2.05, 4.69) is 5.32 Å². The summed E-state index contributed by atoms with van der Waals surface area (Å²) < 4.78 is 24.8. The Morgan fingerprint density at radius 1 is 1.35 bits per heavy atom. The molecule has 1 heterocycles. The molecule has 0 saturated carbocycles. The van der Waals surface area contributed by atoms with E-state index in [4.69, 9.17) is 18.0 Å². The third kappa shape index (κ3) is 2.67. The van der Waals surface area contributed by atoms with E-state index in [1.54, 1.807) is 24.3 Å². The van der Waals surface area contributed by atoms with E-state index < -0.39 is 10.0 Å². The van der Waals surface area contributed by atoms with Gasteiger partial charge in [-0.25, -0.2) is 8.42 Å². The molecule has 5 nitrogen and oxygen atoms in total. The Morgan fingerprint density at radius 3 is 2.47 bits per heavy atom. The van der Waals surface area contributed by atoms with Gasteiger partial charge in [-0.15, -0.1) is 0 Å². The molecule has 0 bridgehead atoms. The zero-order valence-corrected chi connectivity index (χ0v) is 10.7. The van der Waals surface area contributed by atoms with Gasteiger partial charge in [0, 0.05) is 12.2 Å². The van der Waals surface area contributed by atoms with Gasteiger partial charge in [-0.1, -0.05) is 0 Å². The molecule has 0 amide bonds. The Bertz CT molecular complexity index is 525. The Labute approximate surface area is 106 Å². The number of nitrogens with zero attached hydrogens (tertiary/aromatic N) is 1. The van der Waals surface area contributed by atoms with Crippen LogP contribution < -0.4 is 15.4 Å². The van der Waals surface area contributed by atoms with Crippen molar-refractivity contribution in [1.82, 2.24) is 0 Å². The minimum absolute atomic E-state index is 0.187. The lowest BCUT2D eigenvalue weighted by atomic mass is 10.3. The van der Waals surface area contributed by atoms with Gasteiger partial charge in [0.15, 0.2) is 5.11 Å². The minimum atomic E-state index is -3.11. The molecule has 7 heteroatoms. The first-order chi connectivity index (χ1) is 7.99. The first kappa shape index (κ1) is 12.1. The van der Waals surface area contributed by atoms with E-state index in [1.807, 2.05) is 0 Å². The van der Waals surface area contributed by atoms with Crippen LogP contribution in [0.15, 0.2) is 24.3 Å². The second kappa shape index (κ2) is 4.50. The lowest BCUT2D eigenvalue weighted by Gasteiger charge is -2.17. The monoisotopic (exact) mass is 271 g/mol. The second-order valence-corrected chi connectivity index (χ2v) is 6.23. The van der Waals surface area contributed by atoms with Gasteiger partial charge in [-0.05, 0) is 42.9 Å². The van der Waals surface area contributed by atoms with Gasteiger partial charge in [0.25, 0.3) is 0 Å². The van der Waals surface area contributed by atoms with Crippen LogP contribution in [0.3, 0.4) is 0 Å². The number of hydrogen-bond donors (Lipinski definition) is 2. The molecule has 3 N–H and O–H groups in total. The van der Waals surface area contributed by atoms with Gasteiger partial charge in [-0.2, -0.15) is 0 Å². The fourth-order valence-corrected chi connectivity index (χ4v) is 3.47. The predicted molar refractivity (Wildman–Crippen MR) is 72.6 cm³/mol. The number of rotatable bonds is 2. The largest absolute Gasteiger partial charge is 0.376 e. The van der Waals surface area contributed by atoms with Crippen molar-refractivity contribution in [2.45, 2.75) is 6.42 Å². The van der Waals surface area contributed by atoms with Crippen molar-refractivity contribution in [2.75, 3.05) is 21.9 Å². The Balaban J connectivity index is 2.21. The van der Waals surface area contributed by atoms with Crippen LogP contribution in [0.1, 0.15) is 6.42 Å². The summed E-state index contributed by atoms with van der Waals surface area (Å²) >= 11 is 4.71. The number of benzene rings is 1. The van der Waals surface area contributed by atoms with Gasteiger partial charge < -0.3 is 11.1 Å². The Morgan fingerprint density at radius 2 is 2.00 bits per heavy atom. The number of sulfonamides is 1. The van der Waals surface area contributed by atoms with Crippen LogP contribution >= 0.6 is 12.2 Å². The first-order valence-electron chi connectivity index (χ1n) is 5.16. The number of nitrogens with two attached hydrogens (primary N) is 1. The maximum atomic E-state index is 11.7. The van der Waals surface area contributed by atoms with E-state index in [1.165, 1.54) is 4.31 Å². The molecule has 0 atom stereocenters. The van der Waals surface area contributed by atoms with Crippen LogP contribution in [0.5, 0.6) is 0 Å². The summed E-state index contributed by atoms with van der Waals surface area (Å²) in [5, 5.41) is 2.97. The van der Waals surface area contributed by atoms with E-state index in [0.29, 0.717) is 18.7 Å². The molecule has 0 radical (unpaired) electrons. The highest BCUT2D eigenvalue weighted by molar-refractivity contribution is 7.93. The molecule has 92 valence electrons. The summed E-state index contributed by atoms with van der Waals surface area (Å²) in [5.41, 5.74) is 6.77. The topological polar surface area (TPSA) is 75.4 Å². The highest BCUT2D eigenvalue weighted by atomic mass is 32.2. The highest BCUT2D eigenvalue weighted by Gasteiger charge is 2.28. The van der Waals surface area contributed by atoms with E-state index in [0.717, 1.165) is 5.69 Å². The molecule has 1 aromatic rings. The SMILES string of the molecule is NC(=S)Nc1ccc(N2CCCS2(=O)=O)cc1. The summed E-state index contributed by atoms with van der Waals surface area (Å²) in [4.78, 5) is 0. The van der Waals surface area contributed by atoms with E-state index >= 15 is 0 Å². The van der Waals surface area contributed by atoms with Crippen LogP contribution in [0.25, 0.3) is 0 Å². The molecule has 0 spiro atoms. The molecule has 1 aliphatic heterocycles. The lowest BCUT2D eigenvalue weighted by molar-refractivity contribution is 0.599. The molecule has 1 saturated heterocycles. The molecule has 17 heavy (non-hydrogen) atoms. The van der Waals surface area contributed by atoms with Crippen molar-refractivity contribution in [1.29, 1.82) is 0 Å². The van der Waals surface area contributed by atoms with Gasteiger partial charge in [-0.3, -0.25) is 4.31 Å². The summed E-state index contributed by atoms with van der Waals surface area (Å²) in [6.45, 7) is 0.546. The van der Waals surface area contributed by atoms with Gasteiger partial charge in [0.2, 0.25) is 10.0 Å². The quantitative estimate of drug-likeness (QED) is 0.781. The Kier molecular flexibility index (Phi) is 3.21. The maximum Gasteiger partial charge on any atom is 0.235 e. The van der Waals surface area contributed by atoms with Crippen molar-refractivity contribution in [2.24, 2.45) is 5.73 Å². The van der Waals surface area contributed by atoms with Crippen LogP contribution in [-0.4, -0.2) is 25.8 Å². The lowest BCUT2D eigenvalue weighted by Crippen LogP contribution is -2.25. The molecular formula is C10H13N3O2S2. The van der Waals surface area contributed by atoms with Gasteiger partial charge in [0.05, 0.1) is 11.4 Å². The first-order valence-corrected chi connectivity index (χ1v) is 7.18. The molecule has 1 aromatic carbocycles. The molecule has 0 aliphatic carbocycles. The third-order valence-corrected chi connectivity index (χ3v) is 4.49. The number of thiocarbonyl (C=S) groups is 1. The third-order valence-electron chi connectivity index (χ3n) is 2.52. The zero-order valence-electron chi connectivity index (χ0n) is 9.09. The number of hydrogen-bond acceptors (Lipinski definition) is 3. The second-order valence-electron chi connectivity index (χ2n) is 3.78. The molecule has 0 unspecified atom stereocenters. The molecule has 0 aromatic heterocycles. The molecule has 1 aliphatic rings. The van der Waals surface area contributed by atoms with Crippen molar-refractivity contribution in [3.05, 3.63) is 24.3 Å². The summed E-state index contributed by atoms with van der Waals surface area (Å²) in [6.07, 6.45) is 0.676. The minimum Gasteiger partial charge on any atom is -0.376 e. The maximum absolute atomic E-state index is 11.7. The fourth-order valence-electron chi connectivity index (χ4n) is 1.78. The van der Waals surface area contributed by atoms with Crippen LogP contribution in [0.4, 0.5) is 11.4 Å². The normalized spacial score (nSPS) is 18.0. The number of nitrogens with one attached hydrogen (secondary N) is 1. The Hall–Kier alpha value is -1.34. The van der Waals surface area contributed by atoms with Crippen LogP contribution in [-0.2, 0) is 10.0 Å². The smallest absolute Gasteiger partial charge is 0.235 e. The molecular weight excluding hydrogens is 258 g/mol. The van der Waals surface area contributed by atoms with Crippen molar-refractivity contribution >= 4 is 38.7 Å². The van der Waals surface area contributed by atoms with Crippen molar-refractivity contribution in [3.8, 4) is 0 Å². The average molecular weight is 271 g/mol. The fraction of sp³-hybridized carbons (Fsp3) is 0.300. The van der Waals surface area contributed by atoms with E-state index in [9.17, 15) is 8.42 Å². The molecule has 2 rings (SSSR count). The average Bonchev–Trinajstić information content (AvgIpc) is 2.58. The summed E-state index contributed by atoms with van der Waals surface area (Å²) in [6, 6.07) is 6.98. The van der Waals surface area contributed by atoms with Gasteiger partial charge in [0.1, 0.15) is 0 Å². The zero-order chi connectivity index (χ0) is 12.5. The van der Waals surface area contributed by atoms with Crippen LogP contribution in [0, 0.1) is 0 Å².